The highest BCUT2D eigenvalue weighted by atomic mass is 16.6. The molecule has 0 spiro atoms. The summed E-state index contributed by atoms with van der Waals surface area (Å²) in [5, 5.41) is 11.7. The first-order valence-corrected chi connectivity index (χ1v) is 1.99. The Morgan fingerprint density at radius 1 is 1.78 bits per heavy atom. The molecular formula is C3HN3O3. The van der Waals surface area contributed by atoms with Gasteiger partial charge in [-0.2, -0.15) is 0 Å². The topological polar surface area (TPSA) is 84.6 Å². The van der Waals surface area contributed by atoms with Gasteiger partial charge < -0.3 is 10.1 Å². The standard InChI is InChI=1S/C3HN3O3/c7-3-4-1-2(5-3)6(8)9/h(H,4,7). The van der Waals surface area contributed by atoms with Gasteiger partial charge in [-0.3, -0.25) is 5.32 Å². The number of rotatable bonds is 0. The Kier molecular flexibility index (Phi) is 1.14. The van der Waals surface area contributed by atoms with E-state index in [2.05, 4.69) is 4.99 Å². The zero-order chi connectivity index (χ0) is 6.85. The molecule has 0 saturated carbocycles. The number of amides is 2. The van der Waals surface area contributed by atoms with Gasteiger partial charge in [0.25, 0.3) is 0 Å². The molecule has 1 rings (SSSR count). The molecule has 0 atom stereocenters. The monoisotopic (exact) mass is 127 g/mol. The zero-order valence-corrected chi connectivity index (χ0v) is 4.12. The van der Waals surface area contributed by atoms with Gasteiger partial charge in [-0.1, -0.05) is 0 Å². The molecule has 2 radical (unpaired) electrons. The Balaban J connectivity index is 2.74. The molecule has 0 bridgehead atoms. The van der Waals surface area contributed by atoms with Gasteiger partial charge in [0.1, 0.15) is 0 Å². The fraction of sp³-hybridized carbons (Fsp3) is 0. The number of nitrogens with one attached hydrogen (secondary N) is 1. The number of hydrogen-bond donors (Lipinski definition) is 1. The van der Waals surface area contributed by atoms with Crippen LogP contribution in [0, 0.1) is 16.7 Å². The third-order valence-electron chi connectivity index (χ3n) is 0.662. The van der Waals surface area contributed by atoms with Gasteiger partial charge >= 0.3 is 11.9 Å². The molecule has 0 aromatic carbocycles. The van der Waals surface area contributed by atoms with Crippen LogP contribution in [0.25, 0.3) is 0 Å². The van der Waals surface area contributed by atoms with Crippen molar-refractivity contribution in [3.8, 4) is 0 Å². The summed E-state index contributed by atoms with van der Waals surface area (Å²) in [5.74, 6) is -0.569. The average Bonchev–Trinajstić information content (AvgIpc) is 2.14. The van der Waals surface area contributed by atoms with Crippen molar-refractivity contribution in [2.45, 2.75) is 0 Å². The molecule has 0 aliphatic carbocycles. The van der Waals surface area contributed by atoms with Crippen LogP contribution in [0.1, 0.15) is 0 Å². The first-order chi connectivity index (χ1) is 4.20. The van der Waals surface area contributed by atoms with Crippen molar-refractivity contribution in [3.05, 3.63) is 16.7 Å². The number of hydrogen-bond acceptors (Lipinski definition) is 3. The quantitative estimate of drug-likeness (QED) is 0.349. The molecule has 46 valence electrons. The van der Waals surface area contributed by atoms with Gasteiger partial charge in [-0.15, -0.1) is 0 Å². The SMILES string of the molecule is O=C1N=C([N+](=O)[O-])[C]N1. The van der Waals surface area contributed by atoms with Crippen LogP contribution >= 0.6 is 0 Å². The van der Waals surface area contributed by atoms with Gasteiger partial charge in [0.15, 0.2) is 0 Å². The van der Waals surface area contributed by atoms with Crippen LogP contribution in [0.4, 0.5) is 4.79 Å². The van der Waals surface area contributed by atoms with Crippen LogP contribution < -0.4 is 5.32 Å². The van der Waals surface area contributed by atoms with E-state index < -0.39 is 16.8 Å². The number of aliphatic imine (C=N–C) groups is 1. The molecule has 1 N–H and O–H groups in total. The second-order valence-electron chi connectivity index (χ2n) is 1.25. The van der Waals surface area contributed by atoms with Crippen molar-refractivity contribution in [3.63, 3.8) is 0 Å². The molecule has 0 unspecified atom stereocenters. The van der Waals surface area contributed by atoms with Crippen LogP contribution in [0.5, 0.6) is 0 Å². The summed E-state index contributed by atoms with van der Waals surface area (Å²) in [4.78, 5) is 22.0. The fourth-order valence-corrected chi connectivity index (χ4v) is 0.348. The van der Waals surface area contributed by atoms with Gasteiger partial charge in [0.05, 0.1) is 0 Å². The maximum Gasteiger partial charge on any atom is 0.451 e. The molecule has 6 nitrogen and oxygen atoms in total. The van der Waals surface area contributed by atoms with Crippen LogP contribution in [0.15, 0.2) is 4.99 Å². The second kappa shape index (κ2) is 1.81. The van der Waals surface area contributed by atoms with E-state index in [4.69, 9.17) is 0 Å². The summed E-state index contributed by atoms with van der Waals surface area (Å²) >= 11 is 0. The maximum absolute atomic E-state index is 10.1. The molecule has 1 aliphatic rings. The lowest BCUT2D eigenvalue weighted by Gasteiger charge is -1.84. The molecule has 6 heteroatoms. The van der Waals surface area contributed by atoms with E-state index in [0.717, 1.165) is 0 Å². The highest BCUT2D eigenvalue weighted by Crippen LogP contribution is 1.93. The molecule has 0 fully saturated rings. The molecule has 1 aliphatic heterocycles. The van der Waals surface area contributed by atoms with Crippen molar-refractivity contribution in [2.24, 2.45) is 4.99 Å². The molecule has 0 saturated heterocycles. The number of carbonyl (C=O) groups is 1. The number of urea groups is 1. The second-order valence-corrected chi connectivity index (χ2v) is 1.25. The molecule has 2 amide bonds. The summed E-state index contributed by atoms with van der Waals surface area (Å²) in [6.07, 6.45) is 0. The maximum atomic E-state index is 10.1. The van der Waals surface area contributed by atoms with Gasteiger partial charge in [0.2, 0.25) is 6.54 Å². The fourth-order valence-electron chi connectivity index (χ4n) is 0.348. The Morgan fingerprint density at radius 2 is 2.44 bits per heavy atom. The largest absolute Gasteiger partial charge is 0.451 e. The van der Waals surface area contributed by atoms with E-state index in [0.29, 0.717) is 0 Å². The predicted octanol–water partition coefficient (Wildman–Crippen LogP) is -0.576. The Bertz CT molecular complexity index is 196. The highest BCUT2D eigenvalue weighted by molar-refractivity contribution is 6.01. The molecule has 1 heterocycles. The van der Waals surface area contributed by atoms with Crippen LogP contribution in [-0.4, -0.2) is 16.8 Å². The predicted molar refractivity (Wildman–Crippen MR) is 26.2 cm³/mol. The summed E-state index contributed by atoms with van der Waals surface area (Å²) in [6.45, 7) is 1.96. The first kappa shape index (κ1) is 5.67. The Morgan fingerprint density at radius 3 is 2.67 bits per heavy atom. The normalized spacial score (nSPS) is 16.9. The molecular weight excluding hydrogens is 126 g/mol. The third-order valence-corrected chi connectivity index (χ3v) is 0.662. The smallest absolute Gasteiger partial charge is 0.358 e. The molecule has 0 aromatic heterocycles. The lowest BCUT2D eigenvalue weighted by molar-refractivity contribution is -0.349. The number of nitro groups is 1. The van der Waals surface area contributed by atoms with Gasteiger partial charge in [-0.25, -0.2) is 4.79 Å². The summed E-state index contributed by atoms with van der Waals surface area (Å²) < 4.78 is 0. The van der Waals surface area contributed by atoms with Crippen molar-refractivity contribution in [2.75, 3.05) is 0 Å². The van der Waals surface area contributed by atoms with Gasteiger partial charge in [0, 0.05) is 4.99 Å². The number of carbonyl (C=O) groups excluding carboxylic acids is 1. The van der Waals surface area contributed by atoms with Crippen molar-refractivity contribution < 1.29 is 9.72 Å². The molecule has 9 heavy (non-hydrogen) atoms. The van der Waals surface area contributed by atoms with E-state index in [9.17, 15) is 14.9 Å². The van der Waals surface area contributed by atoms with Crippen molar-refractivity contribution >= 4 is 11.9 Å². The lowest BCUT2D eigenvalue weighted by Crippen LogP contribution is -2.14. The number of nitrogens with zero attached hydrogens (tertiary/aromatic N) is 2. The summed E-state index contributed by atoms with van der Waals surface area (Å²) in [7, 11) is 0. The average molecular weight is 127 g/mol. The first-order valence-electron chi connectivity index (χ1n) is 1.99. The zero-order valence-electron chi connectivity index (χ0n) is 4.12. The summed E-state index contributed by atoms with van der Waals surface area (Å²) in [6, 6.07) is -0.748. The van der Waals surface area contributed by atoms with Crippen molar-refractivity contribution in [1.29, 1.82) is 0 Å². The minimum atomic E-state index is -0.794. The van der Waals surface area contributed by atoms with Crippen LogP contribution in [0.3, 0.4) is 0 Å². The van der Waals surface area contributed by atoms with Gasteiger partial charge in [-0.05, 0) is 4.92 Å². The van der Waals surface area contributed by atoms with Crippen LogP contribution in [0.2, 0.25) is 0 Å². The third kappa shape index (κ3) is 1.01. The Hall–Kier alpha value is -1.46. The summed E-state index contributed by atoms with van der Waals surface area (Å²) in [5.41, 5.74) is 0. The molecule has 0 aromatic rings. The van der Waals surface area contributed by atoms with E-state index in [-0.39, 0.29) is 0 Å². The minimum Gasteiger partial charge on any atom is -0.358 e. The highest BCUT2D eigenvalue weighted by Gasteiger charge is 2.26. The number of amidine groups is 1. The van der Waals surface area contributed by atoms with E-state index >= 15 is 0 Å². The Labute approximate surface area is 49.7 Å². The minimum absolute atomic E-state index is 0.569. The van der Waals surface area contributed by atoms with Crippen LogP contribution in [-0.2, 0) is 0 Å². The van der Waals surface area contributed by atoms with E-state index in [1.807, 2.05) is 11.9 Å². The van der Waals surface area contributed by atoms with Crippen molar-refractivity contribution in [1.82, 2.24) is 5.32 Å². The lowest BCUT2D eigenvalue weighted by atomic mass is 10.6. The van der Waals surface area contributed by atoms with E-state index in [1.165, 1.54) is 0 Å². The van der Waals surface area contributed by atoms with E-state index in [1.54, 1.807) is 0 Å².